The summed E-state index contributed by atoms with van der Waals surface area (Å²) in [6, 6.07) is 16.3. The predicted molar refractivity (Wildman–Crippen MR) is 94.0 cm³/mol. The monoisotopic (exact) mass is 370 g/mol. The van der Waals surface area contributed by atoms with Crippen LogP contribution in [0.5, 0.6) is 5.75 Å². The van der Waals surface area contributed by atoms with Gasteiger partial charge < -0.3 is 10.1 Å². The Hall–Kier alpha value is -2.58. The molecule has 0 spiro atoms. The first-order valence-electron chi connectivity index (χ1n) is 7.04. The fourth-order valence-electron chi connectivity index (χ4n) is 1.87. The summed E-state index contributed by atoms with van der Waals surface area (Å²) in [5.41, 5.74) is 1.43. The Morgan fingerprint density at radius 3 is 2.43 bits per heavy atom. The molecule has 0 atom stereocenters. The van der Waals surface area contributed by atoms with Crippen molar-refractivity contribution in [2.24, 2.45) is 0 Å². The fraction of sp³-hybridized carbons (Fsp3) is 0.111. The first kappa shape index (κ1) is 16.8. The van der Waals surface area contributed by atoms with E-state index in [0.29, 0.717) is 12.3 Å². The molecule has 1 N–H and O–H groups in total. The van der Waals surface area contributed by atoms with Gasteiger partial charge in [-0.2, -0.15) is 5.26 Å². The van der Waals surface area contributed by atoms with E-state index < -0.39 is 5.91 Å². The lowest BCUT2D eigenvalue weighted by molar-refractivity contribution is -0.112. The molecule has 0 aliphatic heterocycles. The van der Waals surface area contributed by atoms with Crippen molar-refractivity contribution >= 4 is 33.6 Å². The van der Waals surface area contributed by atoms with Gasteiger partial charge in [-0.1, -0.05) is 28.1 Å². The van der Waals surface area contributed by atoms with Gasteiger partial charge in [0.1, 0.15) is 17.4 Å². The van der Waals surface area contributed by atoms with Gasteiger partial charge in [-0.15, -0.1) is 0 Å². The lowest BCUT2D eigenvalue weighted by Gasteiger charge is -2.05. The maximum atomic E-state index is 12.2. The van der Waals surface area contributed by atoms with Gasteiger partial charge in [0, 0.05) is 10.2 Å². The van der Waals surface area contributed by atoms with Crippen LogP contribution in [0, 0.1) is 11.3 Å². The number of halogens is 1. The van der Waals surface area contributed by atoms with Crippen LogP contribution in [0.15, 0.2) is 58.6 Å². The molecule has 0 bridgehead atoms. The van der Waals surface area contributed by atoms with Crippen molar-refractivity contribution in [3.63, 3.8) is 0 Å². The average Bonchev–Trinajstić information content (AvgIpc) is 2.56. The number of ether oxygens (including phenoxy) is 1. The van der Waals surface area contributed by atoms with Gasteiger partial charge in [0.05, 0.1) is 6.61 Å². The summed E-state index contributed by atoms with van der Waals surface area (Å²) in [6.45, 7) is 2.50. The highest BCUT2D eigenvalue weighted by Crippen LogP contribution is 2.17. The third-order valence-electron chi connectivity index (χ3n) is 2.97. The Morgan fingerprint density at radius 2 is 1.87 bits per heavy atom. The Kier molecular flexibility index (Phi) is 5.95. The maximum absolute atomic E-state index is 12.2. The van der Waals surface area contributed by atoms with Crippen LogP contribution in [0.3, 0.4) is 0 Å². The van der Waals surface area contributed by atoms with Crippen molar-refractivity contribution in [1.29, 1.82) is 5.26 Å². The molecule has 0 fully saturated rings. The smallest absolute Gasteiger partial charge is 0.266 e. The SMILES string of the molecule is CCOc1ccc(/C=C(\C#N)C(=O)Nc2ccc(Br)cc2)cc1. The van der Waals surface area contributed by atoms with E-state index in [1.807, 2.05) is 25.1 Å². The normalized spacial score (nSPS) is 10.7. The lowest BCUT2D eigenvalue weighted by Crippen LogP contribution is -2.13. The third-order valence-corrected chi connectivity index (χ3v) is 3.50. The zero-order valence-electron chi connectivity index (χ0n) is 12.5. The van der Waals surface area contributed by atoms with Gasteiger partial charge in [-0.3, -0.25) is 4.79 Å². The topological polar surface area (TPSA) is 62.1 Å². The van der Waals surface area contributed by atoms with E-state index in [2.05, 4.69) is 21.2 Å². The molecule has 0 unspecified atom stereocenters. The number of hydrogen-bond donors (Lipinski definition) is 1. The van der Waals surface area contributed by atoms with Gasteiger partial charge >= 0.3 is 0 Å². The van der Waals surface area contributed by atoms with E-state index in [1.165, 1.54) is 0 Å². The summed E-state index contributed by atoms with van der Waals surface area (Å²) in [5.74, 6) is 0.311. The Bertz CT molecular complexity index is 744. The zero-order chi connectivity index (χ0) is 16.7. The quantitative estimate of drug-likeness (QED) is 0.626. The van der Waals surface area contributed by atoms with Gasteiger partial charge in [0.2, 0.25) is 0 Å². The van der Waals surface area contributed by atoms with E-state index in [9.17, 15) is 10.1 Å². The first-order valence-corrected chi connectivity index (χ1v) is 7.83. The van der Waals surface area contributed by atoms with Gasteiger partial charge in [-0.05, 0) is 55.0 Å². The van der Waals surface area contributed by atoms with Crippen molar-refractivity contribution in [2.45, 2.75) is 6.92 Å². The minimum atomic E-state index is -0.441. The maximum Gasteiger partial charge on any atom is 0.266 e. The summed E-state index contributed by atoms with van der Waals surface area (Å²) in [7, 11) is 0. The van der Waals surface area contributed by atoms with E-state index in [4.69, 9.17) is 4.74 Å². The van der Waals surface area contributed by atoms with Gasteiger partial charge in [0.25, 0.3) is 5.91 Å². The standard InChI is InChI=1S/C18H15BrN2O2/c1-2-23-17-9-3-13(4-10-17)11-14(12-20)18(22)21-16-7-5-15(19)6-8-16/h3-11H,2H2,1H3,(H,21,22)/b14-11+. The van der Waals surface area contributed by atoms with Crippen LogP contribution in [0.2, 0.25) is 0 Å². The fourth-order valence-corrected chi connectivity index (χ4v) is 2.14. The van der Waals surface area contributed by atoms with Crippen LogP contribution < -0.4 is 10.1 Å². The summed E-state index contributed by atoms with van der Waals surface area (Å²) in [6.07, 6.45) is 1.55. The van der Waals surface area contributed by atoms with Crippen LogP contribution in [-0.4, -0.2) is 12.5 Å². The minimum Gasteiger partial charge on any atom is -0.494 e. The highest BCUT2D eigenvalue weighted by molar-refractivity contribution is 9.10. The molecule has 2 rings (SSSR count). The van der Waals surface area contributed by atoms with Crippen molar-refractivity contribution < 1.29 is 9.53 Å². The molecule has 116 valence electrons. The molecule has 1 amide bonds. The number of carbonyl (C=O) groups excluding carboxylic acids is 1. The van der Waals surface area contributed by atoms with Crippen molar-refractivity contribution in [3.05, 3.63) is 64.1 Å². The van der Waals surface area contributed by atoms with E-state index in [-0.39, 0.29) is 5.57 Å². The molecule has 0 aromatic heterocycles. The molecular weight excluding hydrogens is 356 g/mol. The summed E-state index contributed by atoms with van der Waals surface area (Å²) >= 11 is 3.33. The average molecular weight is 371 g/mol. The largest absolute Gasteiger partial charge is 0.494 e. The second-order valence-corrected chi connectivity index (χ2v) is 5.55. The Balaban J connectivity index is 2.12. The van der Waals surface area contributed by atoms with Gasteiger partial charge in [0.15, 0.2) is 0 Å². The summed E-state index contributed by atoms with van der Waals surface area (Å²) in [5, 5.41) is 11.9. The molecule has 0 aliphatic carbocycles. The van der Waals surface area contributed by atoms with Crippen LogP contribution >= 0.6 is 15.9 Å². The number of benzene rings is 2. The highest BCUT2D eigenvalue weighted by atomic mass is 79.9. The van der Waals surface area contributed by atoms with E-state index in [1.54, 1.807) is 42.5 Å². The van der Waals surface area contributed by atoms with Gasteiger partial charge in [-0.25, -0.2) is 0 Å². The van der Waals surface area contributed by atoms with Crippen LogP contribution in [0.1, 0.15) is 12.5 Å². The Morgan fingerprint density at radius 1 is 1.22 bits per heavy atom. The summed E-state index contributed by atoms with van der Waals surface area (Å²) in [4.78, 5) is 12.2. The minimum absolute atomic E-state index is 0.0390. The second-order valence-electron chi connectivity index (χ2n) is 4.63. The van der Waals surface area contributed by atoms with Crippen LogP contribution in [0.4, 0.5) is 5.69 Å². The number of nitriles is 1. The molecule has 0 radical (unpaired) electrons. The Labute approximate surface area is 143 Å². The molecule has 0 heterocycles. The third kappa shape index (κ3) is 4.97. The number of anilines is 1. The molecule has 2 aromatic carbocycles. The molecule has 0 saturated carbocycles. The number of nitrogens with zero attached hydrogens (tertiary/aromatic N) is 1. The highest BCUT2D eigenvalue weighted by Gasteiger charge is 2.09. The number of rotatable bonds is 5. The molecule has 23 heavy (non-hydrogen) atoms. The molecule has 4 nitrogen and oxygen atoms in total. The molecular formula is C18H15BrN2O2. The number of amides is 1. The predicted octanol–water partition coefficient (Wildman–Crippen LogP) is 4.39. The number of nitrogens with one attached hydrogen (secondary N) is 1. The van der Waals surface area contributed by atoms with E-state index >= 15 is 0 Å². The first-order chi connectivity index (χ1) is 11.1. The summed E-state index contributed by atoms with van der Waals surface area (Å²) < 4.78 is 6.28. The van der Waals surface area contributed by atoms with Crippen molar-refractivity contribution in [2.75, 3.05) is 11.9 Å². The second kappa shape index (κ2) is 8.16. The van der Waals surface area contributed by atoms with Crippen molar-refractivity contribution in [1.82, 2.24) is 0 Å². The van der Waals surface area contributed by atoms with Crippen LogP contribution in [0.25, 0.3) is 6.08 Å². The number of hydrogen-bond acceptors (Lipinski definition) is 3. The molecule has 0 aliphatic rings. The van der Waals surface area contributed by atoms with Crippen LogP contribution in [-0.2, 0) is 4.79 Å². The molecule has 0 saturated heterocycles. The lowest BCUT2D eigenvalue weighted by atomic mass is 10.1. The molecule has 5 heteroatoms. The van der Waals surface area contributed by atoms with E-state index in [0.717, 1.165) is 15.8 Å². The zero-order valence-corrected chi connectivity index (χ0v) is 14.1. The number of carbonyl (C=O) groups is 1. The van der Waals surface area contributed by atoms with Crippen molar-refractivity contribution in [3.8, 4) is 11.8 Å². The molecule has 2 aromatic rings.